The number of halogens is 2. The number of rotatable bonds is 5. The van der Waals surface area contributed by atoms with E-state index in [0.29, 0.717) is 17.5 Å². The van der Waals surface area contributed by atoms with Gasteiger partial charge in [0.15, 0.2) is 0 Å². The summed E-state index contributed by atoms with van der Waals surface area (Å²) in [5.41, 5.74) is 0.560. The normalized spacial score (nSPS) is 28.2. The Morgan fingerprint density at radius 2 is 1.70 bits per heavy atom. The number of alkyl halides is 2. The van der Waals surface area contributed by atoms with Crippen LogP contribution < -0.4 is 4.74 Å². The molecule has 0 bridgehead atoms. The van der Waals surface area contributed by atoms with Gasteiger partial charge in [0.05, 0.1) is 11.2 Å². The molecule has 1 aromatic rings. The molecule has 0 amide bonds. The van der Waals surface area contributed by atoms with E-state index in [9.17, 15) is 8.78 Å². The second-order valence-electron chi connectivity index (χ2n) is 7.40. The molecule has 1 heterocycles. The zero-order valence-electron chi connectivity index (χ0n) is 14.0. The summed E-state index contributed by atoms with van der Waals surface area (Å²) in [6.07, 6.45) is -1.43. The highest BCUT2D eigenvalue weighted by Crippen LogP contribution is 2.58. The molecule has 2 atom stereocenters. The molecule has 3 rings (SSSR count). The molecular weight excluding hydrogens is 301 g/mol. The number of benzene rings is 1. The van der Waals surface area contributed by atoms with Crippen molar-refractivity contribution in [2.45, 2.75) is 63.5 Å². The van der Waals surface area contributed by atoms with Gasteiger partial charge in [0.25, 0.3) is 6.43 Å². The van der Waals surface area contributed by atoms with E-state index in [-0.39, 0.29) is 18.3 Å². The summed E-state index contributed by atoms with van der Waals surface area (Å²) < 4.78 is 41.5. The highest BCUT2D eigenvalue weighted by atomic mass is 19.3. The molecule has 1 saturated carbocycles. The van der Waals surface area contributed by atoms with E-state index in [4.69, 9.17) is 14.0 Å². The lowest BCUT2D eigenvalue weighted by Gasteiger charge is -2.32. The summed E-state index contributed by atoms with van der Waals surface area (Å²) in [5, 5.41) is 0. The van der Waals surface area contributed by atoms with Gasteiger partial charge in [-0.05, 0) is 57.7 Å². The molecule has 1 aliphatic carbocycles. The van der Waals surface area contributed by atoms with Crippen LogP contribution in [0.5, 0.6) is 5.75 Å². The standard InChI is InChI=1S/C17H23BF2O3/c1-16(2)17(3,4)23-18(22-16)14-9-13(14)11-5-7-12(8-6-11)21-10-15(19)20/h5-8,13-15H,9-10H2,1-4H3/t13-,14?/m1/s1. The van der Waals surface area contributed by atoms with Crippen molar-refractivity contribution in [1.82, 2.24) is 0 Å². The molecular formula is C17H23BF2O3. The lowest BCUT2D eigenvalue weighted by atomic mass is 9.79. The molecule has 2 aliphatic rings. The predicted molar refractivity (Wildman–Crippen MR) is 85.1 cm³/mol. The van der Waals surface area contributed by atoms with E-state index in [1.807, 2.05) is 12.1 Å². The molecule has 6 heteroatoms. The van der Waals surface area contributed by atoms with Crippen LogP contribution in [0.2, 0.25) is 5.82 Å². The van der Waals surface area contributed by atoms with E-state index in [1.165, 1.54) is 5.56 Å². The Hall–Kier alpha value is -1.14. The van der Waals surface area contributed by atoms with Crippen molar-refractivity contribution in [3.63, 3.8) is 0 Å². The van der Waals surface area contributed by atoms with E-state index in [2.05, 4.69) is 27.7 Å². The van der Waals surface area contributed by atoms with E-state index in [1.54, 1.807) is 12.1 Å². The van der Waals surface area contributed by atoms with Gasteiger partial charge in [-0.1, -0.05) is 12.1 Å². The van der Waals surface area contributed by atoms with Crippen LogP contribution in [0.4, 0.5) is 8.78 Å². The van der Waals surface area contributed by atoms with Crippen molar-refractivity contribution in [3.8, 4) is 5.75 Å². The smallest absolute Gasteiger partial charge is 0.461 e. The Balaban J connectivity index is 1.59. The molecule has 1 aliphatic heterocycles. The fourth-order valence-electron chi connectivity index (χ4n) is 2.93. The zero-order chi connectivity index (χ0) is 16.8. The lowest BCUT2D eigenvalue weighted by Crippen LogP contribution is -2.41. The fraction of sp³-hybridized carbons (Fsp3) is 0.647. The minimum absolute atomic E-state index is 0.181. The van der Waals surface area contributed by atoms with E-state index < -0.39 is 13.0 Å². The molecule has 0 spiro atoms. The minimum Gasteiger partial charge on any atom is -0.488 e. The summed E-state index contributed by atoms with van der Waals surface area (Å²) in [6.45, 7) is 7.65. The Labute approximate surface area is 136 Å². The van der Waals surface area contributed by atoms with Gasteiger partial charge < -0.3 is 14.0 Å². The maximum atomic E-state index is 12.1. The number of hydrogen-bond acceptors (Lipinski definition) is 3. The molecule has 0 aromatic heterocycles. The van der Waals surface area contributed by atoms with Crippen LogP contribution in [0.3, 0.4) is 0 Å². The Bertz CT molecular complexity index is 543. The van der Waals surface area contributed by atoms with Gasteiger partial charge in [-0.3, -0.25) is 0 Å². The van der Waals surface area contributed by atoms with Crippen LogP contribution >= 0.6 is 0 Å². The van der Waals surface area contributed by atoms with Gasteiger partial charge in [-0.2, -0.15) is 0 Å². The van der Waals surface area contributed by atoms with Gasteiger partial charge in [0.1, 0.15) is 12.4 Å². The van der Waals surface area contributed by atoms with Crippen LogP contribution in [0.15, 0.2) is 24.3 Å². The SMILES string of the molecule is CC1(C)OB(C2C[C@@H]2c2ccc(OCC(F)F)cc2)OC1(C)C. The maximum Gasteiger partial charge on any atom is 0.461 e. The van der Waals surface area contributed by atoms with Crippen LogP contribution in [0.25, 0.3) is 0 Å². The molecule has 23 heavy (non-hydrogen) atoms. The first-order chi connectivity index (χ1) is 10.7. The summed E-state index contributed by atoms with van der Waals surface area (Å²) >= 11 is 0. The molecule has 1 unspecified atom stereocenters. The average molecular weight is 324 g/mol. The predicted octanol–water partition coefficient (Wildman–Crippen LogP) is 4.28. The largest absolute Gasteiger partial charge is 0.488 e. The number of hydrogen-bond donors (Lipinski definition) is 0. The summed E-state index contributed by atoms with van der Waals surface area (Å²) in [5.74, 6) is 1.22. The highest BCUT2D eigenvalue weighted by Gasteiger charge is 2.59. The quantitative estimate of drug-likeness (QED) is 0.757. The fourth-order valence-corrected chi connectivity index (χ4v) is 2.93. The van der Waals surface area contributed by atoms with Gasteiger partial charge >= 0.3 is 7.12 Å². The second kappa shape index (κ2) is 5.74. The molecule has 1 aromatic carbocycles. The van der Waals surface area contributed by atoms with Crippen LogP contribution in [0, 0.1) is 0 Å². The van der Waals surface area contributed by atoms with Crippen molar-refractivity contribution in [3.05, 3.63) is 29.8 Å². The second-order valence-corrected chi connectivity index (χ2v) is 7.40. The topological polar surface area (TPSA) is 27.7 Å². The Morgan fingerprint density at radius 1 is 1.13 bits per heavy atom. The molecule has 3 nitrogen and oxygen atoms in total. The molecule has 2 fully saturated rings. The first-order valence-corrected chi connectivity index (χ1v) is 8.06. The van der Waals surface area contributed by atoms with E-state index in [0.717, 1.165) is 6.42 Å². The van der Waals surface area contributed by atoms with E-state index >= 15 is 0 Å². The van der Waals surface area contributed by atoms with Crippen LogP contribution in [0.1, 0.15) is 45.6 Å². The lowest BCUT2D eigenvalue weighted by molar-refractivity contribution is 0.00578. The zero-order valence-corrected chi connectivity index (χ0v) is 14.0. The van der Waals surface area contributed by atoms with Crippen molar-refractivity contribution in [2.75, 3.05) is 6.61 Å². The van der Waals surface area contributed by atoms with Gasteiger partial charge in [0, 0.05) is 5.82 Å². The van der Waals surface area contributed by atoms with Gasteiger partial charge in [-0.25, -0.2) is 8.78 Å². The van der Waals surface area contributed by atoms with Crippen LogP contribution in [-0.2, 0) is 9.31 Å². The third-order valence-electron chi connectivity index (χ3n) is 5.15. The maximum absolute atomic E-state index is 12.1. The van der Waals surface area contributed by atoms with Crippen molar-refractivity contribution >= 4 is 7.12 Å². The summed E-state index contributed by atoms with van der Waals surface area (Å²) in [6, 6.07) is 7.38. The number of ether oxygens (including phenoxy) is 1. The molecule has 1 saturated heterocycles. The minimum atomic E-state index is -2.45. The third-order valence-corrected chi connectivity index (χ3v) is 5.15. The average Bonchev–Trinajstić information content (AvgIpc) is 3.20. The molecule has 0 radical (unpaired) electrons. The highest BCUT2D eigenvalue weighted by molar-refractivity contribution is 6.49. The van der Waals surface area contributed by atoms with Crippen molar-refractivity contribution in [2.24, 2.45) is 0 Å². The van der Waals surface area contributed by atoms with Gasteiger partial charge in [0.2, 0.25) is 0 Å². The summed E-state index contributed by atoms with van der Waals surface area (Å²) in [4.78, 5) is 0. The van der Waals surface area contributed by atoms with Gasteiger partial charge in [-0.15, -0.1) is 0 Å². The van der Waals surface area contributed by atoms with Crippen molar-refractivity contribution in [1.29, 1.82) is 0 Å². The monoisotopic (exact) mass is 324 g/mol. The first-order valence-electron chi connectivity index (χ1n) is 8.06. The third kappa shape index (κ3) is 3.38. The first kappa shape index (κ1) is 16.7. The summed E-state index contributed by atoms with van der Waals surface area (Å²) in [7, 11) is -0.181. The molecule has 0 N–H and O–H groups in total. The Morgan fingerprint density at radius 3 is 2.22 bits per heavy atom. The molecule has 126 valence electrons. The van der Waals surface area contributed by atoms with Crippen LogP contribution in [-0.4, -0.2) is 31.4 Å². The Kier molecular flexibility index (Phi) is 4.17. The van der Waals surface area contributed by atoms with Crippen molar-refractivity contribution < 1.29 is 22.8 Å².